The maximum atomic E-state index is 12.1. The number of nitrogens with one attached hydrogen (secondary N) is 1. The van der Waals surface area contributed by atoms with Crippen LogP contribution in [0.3, 0.4) is 0 Å². The number of benzene rings is 1. The molecule has 28 heavy (non-hydrogen) atoms. The van der Waals surface area contributed by atoms with E-state index in [1.807, 2.05) is 6.92 Å². The Bertz CT molecular complexity index is 752. The summed E-state index contributed by atoms with van der Waals surface area (Å²) in [5.41, 5.74) is 0.369. The largest absolute Gasteiger partial charge is 0.494 e. The van der Waals surface area contributed by atoms with Gasteiger partial charge in [0.1, 0.15) is 11.5 Å². The predicted molar refractivity (Wildman–Crippen MR) is 93.2 cm³/mol. The van der Waals surface area contributed by atoms with Crippen molar-refractivity contribution >= 4 is 5.91 Å². The van der Waals surface area contributed by atoms with E-state index in [1.54, 1.807) is 31.2 Å². The molecule has 10 heteroatoms. The molecule has 1 aromatic heterocycles. The van der Waals surface area contributed by atoms with Crippen molar-refractivity contribution in [3.8, 4) is 17.4 Å². The van der Waals surface area contributed by atoms with Gasteiger partial charge in [-0.3, -0.25) is 9.78 Å². The first-order valence-electron chi connectivity index (χ1n) is 8.43. The molecule has 1 N–H and O–H groups in total. The predicted octanol–water partition coefficient (Wildman–Crippen LogP) is 3.07. The van der Waals surface area contributed by atoms with Crippen molar-refractivity contribution in [3.63, 3.8) is 0 Å². The summed E-state index contributed by atoms with van der Waals surface area (Å²) in [5.74, 6) is 0.574. The normalized spacial score (nSPS) is 12.2. The number of aromatic nitrogens is 2. The first-order valence-corrected chi connectivity index (χ1v) is 8.43. The Morgan fingerprint density at radius 1 is 1.07 bits per heavy atom. The van der Waals surface area contributed by atoms with Gasteiger partial charge in [0.25, 0.3) is 5.91 Å². The molecule has 0 radical (unpaired) electrons. The third kappa shape index (κ3) is 7.29. The van der Waals surface area contributed by atoms with Gasteiger partial charge in [-0.05, 0) is 38.1 Å². The highest BCUT2D eigenvalue weighted by atomic mass is 19.4. The lowest BCUT2D eigenvalue weighted by Crippen LogP contribution is -2.31. The van der Waals surface area contributed by atoms with Crippen LogP contribution in [-0.4, -0.2) is 41.9 Å². The quantitative estimate of drug-likeness (QED) is 0.698. The van der Waals surface area contributed by atoms with Crippen molar-refractivity contribution in [3.05, 3.63) is 42.4 Å². The van der Waals surface area contributed by atoms with E-state index in [9.17, 15) is 18.0 Å². The van der Waals surface area contributed by atoms with Crippen LogP contribution in [0.1, 0.15) is 25.6 Å². The van der Waals surface area contributed by atoms with Crippen LogP contribution in [0.2, 0.25) is 0 Å². The van der Waals surface area contributed by atoms with Crippen molar-refractivity contribution in [1.82, 2.24) is 15.3 Å². The molecule has 0 saturated heterocycles. The van der Waals surface area contributed by atoms with E-state index >= 15 is 0 Å². The first kappa shape index (κ1) is 21.3. The fraction of sp³-hybridized carbons (Fsp3) is 0.389. The van der Waals surface area contributed by atoms with Crippen molar-refractivity contribution in [2.24, 2.45) is 0 Å². The van der Waals surface area contributed by atoms with E-state index in [0.29, 0.717) is 23.8 Å². The van der Waals surface area contributed by atoms with Crippen LogP contribution in [-0.2, 0) is 4.79 Å². The molecule has 1 unspecified atom stereocenters. The highest BCUT2D eigenvalue weighted by Gasteiger charge is 2.28. The lowest BCUT2D eigenvalue weighted by molar-refractivity contribution is -0.154. The van der Waals surface area contributed by atoms with Gasteiger partial charge in [-0.15, -0.1) is 0 Å². The fourth-order valence-corrected chi connectivity index (χ4v) is 2.08. The van der Waals surface area contributed by atoms with Crippen LogP contribution < -0.4 is 19.5 Å². The first-order chi connectivity index (χ1) is 13.3. The van der Waals surface area contributed by atoms with Gasteiger partial charge in [-0.1, -0.05) is 0 Å². The topological polar surface area (TPSA) is 82.6 Å². The smallest absolute Gasteiger partial charge is 0.422 e. The summed E-state index contributed by atoms with van der Waals surface area (Å²) >= 11 is 0. The molecule has 1 amide bonds. The van der Waals surface area contributed by atoms with Gasteiger partial charge < -0.3 is 19.5 Å². The summed E-state index contributed by atoms with van der Waals surface area (Å²) < 4.78 is 51.5. The van der Waals surface area contributed by atoms with Crippen molar-refractivity contribution < 1.29 is 32.2 Å². The number of nitrogens with zero attached hydrogens (tertiary/aromatic N) is 2. The number of hydrogen-bond donors (Lipinski definition) is 1. The molecule has 0 fully saturated rings. The summed E-state index contributed by atoms with van der Waals surface area (Å²) in [6.07, 6.45) is -2.14. The van der Waals surface area contributed by atoms with E-state index in [-0.39, 0.29) is 18.4 Å². The minimum Gasteiger partial charge on any atom is -0.494 e. The SMILES string of the molecule is CCOc1ccc(OCC(=O)NC(C)c2cnc(OCC(F)(F)F)cn2)cc1. The Kier molecular flexibility index (Phi) is 7.42. The maximum Gasteiger partial charge on any atom is 0.422 e. The summed E-state index contributed by atoms with van der Waals surface area (Å²) in [5, 5.41) is 2.66. The molecule has 0 bridgehead atoms. The second-order valence-electron chi connectivity index (χ2n) is 5.67. The Hall–Kier alpha value is -3.04. The standard InChI is InChI=1S/C18H20F3N3O4/c1-3-26-13-4-6-14(7-5-13)27-10-16(25)24-12(2)15-8-23-17(9-22-15)28-11-18(19,20)21/h4-9,12H,3,10-11H2,1-2H3,(H,24,25). The molecule has 0 aliphatic heterocycles. The number of carbonyl (C=O) groups is 1. The summed E-state index contributed by atoms with van der Waals surface area (Å²) in [6.45, 7) is 2.44. The molecule has 1 heterocycles. The van der Waals surface area contributed by atoms with Crippen LogP contribution >= 0.6 is 0 Å². The molecular formula is C18H20F3N3O4. The van der Waals surface area contributed by atoms with Crippen LogP contribution in [0.15, 0.2) is 36.7 Å². The third-order valence-electron chi connectivity index (χ3n) is 3.36. The van der Waals surface area contributed by atoms with E-state index < -0.39 is 18.8 Å². The molecule has 152 valence electrons. The zero-order chi connectivity index (χ0) is 20.6. The van der Waals surface area contributed by atoms with Gasteiger partial charge in [0, 0.05) is 0 Å². The third-order valence-corrected chi connectivity index (χ3v) is 3.36. The van der Waals surface area contributed by atoms with E-state index in [4.69, 9.17) is 9.47 Å². The number of halogens is 3. The highest BCUT2D eigenvalue weighted by molar-refractivity contribution is 5.77. The monoisotopic (exact) mass is 399 g/mol. The van der Waals surface area contributed by atoms with Gasteiger partial charge in [0.2, 0.25) is 5.88 Å². The molecule has 1 aromatic carbocycles. The molecule has 0 spiro atoms. The maximum absolute atomic E-state index is 12.1. The number of ether oxygens (including phenoxy) is 3. The van der Waals surface area contributed by atoms with Gasteiger partial charge in [-0.25, -0.2) is 4.98 Å². The van der Waals surface area contributed by atoms with Gasteiger partial charge in [0.05, 0.1) is 30.7 Å². The molecule has 1 atom stereocenters. The van der Waals surface area contributed by atoms with Crippen LogP contribution in [0.5, 0.6) is 17.4 Å². The molecular weight excluding hydrogens is 379 g/mol. The van der Waals surface area contributed by atoms with Crippen LogP contribution in [0.4, 0.5) is 13.2 Å². The second-order valence-corrected chi connectivity index (χ2v) is 5.67. The Balaban J connectivity index is 1.79. The van der Waals surface area contributed by atoms with Gasteiger partial charge in [-0.2, -0.15) is 13.2 Å². The van der Waals surface area contributed by atoms with E-state index in [0.717, 1.165) is 6.20 Å². The van der Waals surface area contributed by atoms with Crippen molar-refractivity contribution in [2.45, 2.75) is 26.1 Å². The molecule has 2 rings (SSSR count). The van der Waals surface area contributed by atoms with Gasteiger partial charge in [0.15, 0.2) is 13.2 Å². The van der Waals surface area contributed by atoms with Crippen molar-refractivity contribution in [1.29, 1.82) is 0 Å². The average Bonchev–Trinajstić information content (AvgIpc) is 2.66. The minimum atomic E-state index is -4.45. The zero-order valence-corrected chi connectivity index (χ0v) is 15.3. The highest BCUT2D eigenvalue weighted by Crippen LogP contribution is 2.18. The molecule has 0 aliphatic carbocycles. The van der Waals surface area contributed by atoms with E-state index in [1.165, 1.54) is 6.20 Å². The van der Waals surface area contributed by atoms with Crippen LogP contribution in [0, 0.1) is 0 Å². The van der Waals surface area contributed by atoms with Gasteiger partial charge >= 0.3 is 6.18 Å². The van der Waals surface area contributed by atoms with E-state index in [2.05, 4.69) is 20.0 Å². The average molecular weight is 399 g/mol. The summed E-state index contributed by atoms with van der Waals surface area (Å²) in [7, 11) is 0. The number of hydrogen-bond acceptors (Lipinski definition) is 6. The van der Waals surface area contributed by atoms with Crippen LogP contribution in [0.25, 0.3) is 0 Å². The number of amides is 1. The number of carbonyl (C=O) groups excluding carboxylic acids is 1. The zero-order valence-electron chi connectivity index (χ0n) is 15.3. The second kappa shape index (κ2) is 9.77. The van der Waals surface area contributed by atoms with Crippen molar-refractivity contribution in [2.75, 3.05) is 19.8 Å². The molecule has 2 aromatic rings. The number of alkyl halides is 3. The lowest BCUT2D eigenvalue weighted by Gasteiger charge is -2.14. The summed E-state index contributed by atoms with van der Waals surface area (Å²) in [4.78, 5) is 19.7. The minimum absolute atomic E-state index is 0.210. The Morgan fingerprint density at radius 3 is 2.25 bits per heavy atom. The molecule has 0 saturated carbocycles. The lowest BCUT2D eigenvalue weighted by atomic mass is 10.2. The molecule has 7 nitrogen and oxygen atoms in total. The summed E-state index contributed by atoms with van der Waals surface area (Å²) in [6, 6.07) is 6.33. The molecule has 0 aliphatic rings. The Morgan fingerprint density at radius 2 is 1.71 bits per heavy atom. The fourth-order valence-electron chi connectivity index (χ4n) is 2.08. The Labute approximate surface area is 159 Å². The number of rotatable bonds is 9.